The molecule has 0 amide bonds. The van der Waals surface area contributed by atoms with Crippen LogP contribution in [0, 0.1) is 0 Å². The predicted molar refractivity (Wildman–Crippen MR) is 81.2 cm³/mol. The second-order valence-corrected chi connectivity index (χ2v) is 7.42. The molecule has 1 aromatic carbocycles. The summed E-state index contributed by atoms with van der Waals surface area (Å²) in [5.41, 5.74) is 6.31. The van der Waals surface area contributed by atoms with Gasteiger partial charge in [-0.05, 0) is 32.9 Å². The van der Waals surface area contributed by atoms with Crippen LogP contribution in [0.15, 0.2) is 18.2 Å². The molecule has 0 aliphatic carbocycles. The molecule has 0 unspecified atom stereocenters. The highest BCUT2D eigenvalue weighted by molar-refractivity contribution is 7.91. The van der Waals surface area contributed by atoms with Crippen LogP contribution in [-0.4, -0.2) is 38.6 Å². The van der Waals surface area contributed by atoms with E-state index in [1.165, 1.54) is 12.1 Å². The monoisotopic (exact) mass is 315 g/mol. The van der Waals surface area contributed by atoms with Gasteiger partial charge in [0.15, 0.2) is 9.84 Å². The Morgan fingerprint density at radius 3 is 2.57 bits per heavy atom. The molecule has 7 heteroatoms. The molecule has 6 nitrogen and oxygen atoms in total. The van der Waals surface area contributed by atoms with E-state index in [1.807, 2.05) is 0 Å². The predicted octanol–water partition coefficient (Wildman–Crippen LogP) is 1.65. The van der Waals surface area contributed by atoms with Crippen molar-refractivity contribution in [2.24, 2.45) is 0 Å². The standard InChI is InChI=1S/C14H21NO5S/c1-4-19-14(16)12-6-5-11(15)9-13(12)20-7-8-21(17,18)10(2)3/h5-6,9-10H,4,7-8,15H2,1-3H3. The summed E-state index contributed by atoms with van der Waals surface area (Å²) in [7, 11) is -3.19. The van der Waals surface area contributed by atoms with Crippen LogP contribution in [0.2, 0.25) is 0 Å². The van der Waals surface area contributed by atoms with Crippen LogP contribution in [0.4, 0.5) is 5.69 Å². The van der Waals surface area contributed by atoms with E-state index in [9.17, 15) is 13.2 Å². The molecular weight excluding hydrogens is 294 g/mol. The van der Waals surface area contributed by atoms with Crippen LogP contribution < -0.4 is 10.5 Å². The Hall–Kier alpha value is -1.76. The molecule has 1 rings (SSSR count). The van der Waals surface area contributed by atoms with Gasteiger partial charge in [0.1, 0.15) is 17.9 Å². The first kappa shape index (κ1) is 17.3. The molecule has 2 N–H and O–H groups in total. The van der Waals surface area contributed by atoms with E-state index in [4.69, 9.17) is 15.2 Å². The summed E-state index contributed by atoms with van der Waals surface area (Å²) in [4.78, 5) is 11.8. The molecule has 0 aromatic heterocycles. The summed E-state index contributed by atoms with van der Waals surface area (Å²) in [6.07, 6.45) is 0. The average molecular weight is 315 g/mol. The molecule has 0 saturated carbocycles. The molecule has 0 bridgehead atoms. The summed E-state index contributed by atoms with van der Waals surface area (Å²) in [6, 6.07) is 4.54. The van der Waals surface area contributed by atoms with E-state index in [2.05, 4.69) is 0 Å². The number of benzene rings is 1. The zero-order valence-corrected chi connectivity index (χ0v) is 13.3. The van der Waals surface area contributed by atoms with E-state index in [1.54, 1.807) is 26.8 Å². The van der Waals surface area contributed by atoms with Crippen molar-refractivity contribution < 1.29 is 22.7 Å². The van der Waals surface area contributed by atoms with E-state index < -0.39 is 21.1 Å². The van der Waals surface area contributed by atoms with Crippen LogP contribution in [0.3, 0.4) is 0 Å². The second kappa shape index (κ2) is 7.31. The van der Waals surface area contributed by atoms with Gasteiger partial charge in [0, 0.05) is 11.8 Å². The molecular formula is C14H21NO5S. The van der Waals surface area contributed by atoms with Crippen molar-refractivity contribution in [1.29, 1.82) is 0 Å². The fraction of sp³-hybridized carbons (Fsp3) is 0.500. The van der Waals surface area contributed by atoms with Gasteiger partial charge in [-0.1, -0.05) is 0 Å². The molecule has 118 valence electrons. The zero-order valence-electron chi connectivity index (χ0n) is 12.5. The zero-order chi connectivity index (χ0) is 16.0. The number of hydrogen-bond donors (Lipinski definition) is 1. The van der Waals surface area contributed by atoms with Crippen LogP contribution in [0.1, 0.15) is 31.1 Å². The van der Waals surface area contributed by atoms with Crippen LogP contribution >= 0.6 is 0 Å². The lowest BCUT2D eigenvalue weighted by Crippen LogP contribution is -2.22. The summed E-state index contributed by atoms with van der Waals surface area (Å²) in [5.74, 6) is -0.423. The third-order valence-corrected chi connectivity index (χ3v) is 5.02. The summed E-state index contributed by atoms with van der Waals surface area (Å²) in [6.45, 7) is 5.12. The molecule has 1 aromatic rings. The largest absolute Gasteiger partial charge is 0.492 e. The second-order valence-electron chi connectivity index (χ2n) is 4.74. The van der Waals surface area contributed by atoms with Crippen LogP contribution in [-0.2, 0) is 14.6 Å². The lowest BCUT2D eigenvalue weighted by molar-refractivity contribution is 0.0522. The van der Waals surface area contributed by atoms with Crippen molar-refractivity contribution in [3.8, 4) is 5.75 Å². The van der Waals surface area contributed by atoms with Gasteiger partial charge in [0.25, 0.3) is 0 Å². The average Bonchev–Trinajstić information content (AvgIpc) is 2.38. The van der Waals surface area contributed by atoms with Crippen molar-refractivity contribution in [2.75, 3.05) is 24.7 Å². The highest BCUT2D eigenvalue weighted by Gasteiger charge is 2.18. The Labute approximate surface area is 125 Å². The smallest absolute Gasteiger partial charge is 0.341 e. The van der Waals surface area contributed by atoms with Gasteiger partial charge in [0.2, 0.25) is 0 Å². The van der Waals surface area contributed by atoms with Crippen LogP contribution in [0.5, 0.6) is 5.75 Å². The minimum atomic E-state index is -3.19. The van der Waals surface area contributed by atoms with Gasteiger partial charge in [0.05, 0.1) is 17.6 Å². The van der Waals surface area contributed by atoms with Gasteiger partial charge in [-0.3, -0.25) is 0 Å². The van der Waals surface area contributed by atoms with Crippen molar-refractivity contribution in [1.82, 2.24) is 0 Å². The normalized spacial score (nSPS) is 11.4. The van der Waals surface area contributed by atoms with Gasteiger partial charge < -0.3 is 15.2 Å². The number of nitrogens with two attached hydrogens (primary N) is 1. The quantitative estimate of drug-likeness (QED) is 0.607. The highest BCUT2D eigenvalue weighted by Crippen LogP contribution is 2.23. The topological polar surface area (TPSA) is 95.7 Å². The number of nitrogen functional groups attached to an aromatic ring is 1. The number of rotatable bonds is 7. The molecule has 0 heterocycles. The maximum Gasteiger partial charge on any atom is 0.341 e. The Morgan fingerprint density at radius 1 is 1.33 bits per heavy atom. The van der Waals surface area contributed by atoms with Crippen molar-refractivity contribution >= 4 is 21.5 Å². The first-order valence-corrected chi connectivity index (χ1v) is 8.40. The molecule has 0 fully saturated rings. The van der Waals surface area contributed by atoms with Gasteiger partial charge in [-0.25, -0.2) is 13.2 Å². The van der Waals surface area contributed by atoms with Gasteiger partial charge in [-0.15, -0.1) is 0 Å². The third kappa shape index (κ3) is 4.93. The van der Waals surface area contributed by atoms with E-state index in [-0.39, 0.29) is 30.3 Å². The number of ether oxygens (including phenoxy) is 2. The van der Waals surface area contributed by atoms with Crippen molar-refractivity contribution in [2.45, 2.75) is 26.0 Å². The number of anilines is 1. The molecule has 0 aliphatic heterocycles. The number of carbonyl (C=O) groups excluding carboxylic acids is 1. The fourth-order valence-corrected chi connectivity index (χ4v) is 2.33. The van der Waals surface area contributed by atoms with Crippen molar-refractivity contribution in [3.05, 3.63) is 23.8 Å². The Kier molecular flexibility index (Phi) is 6.02. The Morgan fingerprint density at radius 2 is 2.00 bits per heavy atom. The Bertz CT molecular complexity index is 595. The van der Waals surface area contributed by atoms with Gasteiger partial charge in [-0.2, -0.15) is 0 Å². The first-order valence-electron chi connectivity index (χ1n) is 6.69. The number of sulfone groups is 1. The van der Waals surface area contributed by atoms with E-state index in [0.29, 0.717) is 5.69 Å². The molecule has 0 aliphatic rings. The number of carbonyl (C=O) groups is 1. The number of esters is 1. The first-order chi connectivity index (χ1) is 9.77. The van der Waals surface area contributed by atoms with Crippen molar-refractivity contribution in [3.63, 3.8) is 0 Å². The molecule has 0 spiro atoms. The minimum absolute atomic E-state index is 0.0453. The van der Waals surface area contributed by atoms with Gasteiger partial charge >= 0.3 is 5.97 Å². The molecule has 0 saturated heterocycles. The highest BCUT2D eigenvalue weighted by atomic mass is 32.2. The third-order valence-electron chi connectivity index (χ3n) is 2.84. The van der Waals surface area contributed by atoms with E-state index >= 15 is 0 Å². The molecule has 0 radical (unpaired) electrons. The van der Waals surface area contributed by atoms with Crippen LogP contribution in [0.25, 0.3) is 0 Å². The summed E-state index contributed by atoms with van der Waals surface area (Å²) >= 11 is 0. The SMILES string of the molecule is CCOC(=O)c1ccc(N)cc1OCCS(=O)(=O)C(C)C. The van der Waals surface area contributed by atoms with E-state index in [0.717, 1.165) is 0 Å². The fourth-order valence-electron chi connectivity index (χ4n) is 1.54. The maximum atomic E-state index is 11.8. The Balaban J connectivity index is 2.83. The summed E-state index contributed by atoms with van der Waals surface area (Å²) < 4.78 is 33.8. The molecule has 0 atom stereocenters. The maximum absolute atomic E-state index is 11.8. The lowest BCUT2D eigenvalue weighted by Gasteiger charge is -2.12. The lowest BCUT2D eigenvalue weighted by atomic mass is 10.2. The summed E-state index contributed by atoms with van der Waals surface area (Å²) in [5, 5.41) is -0.466. The minimum Gasteiger partial charge on any atom is -0.492 e. The molecule has 21 heavy (non-hydrogen) atoms. The number of hydrogen-bond acceptors (Lipinski definition) is 6.